The van der Waals surface area contributed by atoms with Gasteiger partial charge in [-0.15, -0.1) is 0 Å². The van der Waals surface area contributed by atoms with Crippen LogP contribution in [0.3, 0.4) is 0 Å². The number of morpholine rings is 1. The predicted molar refractivity (Wildman–Crippen MR) is 146 cm³/mol. The fourth-order valence-electron chi connectivity index (χ4n) is 5.34. The Labute approximate surface area is 225 Å². The third-order valence-electron chi connectivity index (χ3n) is 7.43. The molecule has 1 saturated carbocycles. The van der Waals surface area contributed by atoms with Gasteiger partial charge in [0.25, 0.3) is 0 Å². The summed E-state index contributed by atoms with van der Waals surface area (Å²) in [5, 5.41) is 0. The zero-order valence-electron chi connectivity index (χ0n) is 22.5. The molecule has 2 aromatic rings. The molecule has 7 heteroatoms. The second-order valence-electron chi connectivity index (χ2n) is 9.88. The maximum Gasteiger partial charge on any atom is 0.305 e. The van der Waals surface area contributed by atoms with Crippen molar-refractivity contribution in [2.75, 3.05) is 40.5 Å². The maximum absolute atomic E-state index is 13.2. The van der Waals surface area contributed by atoms with Crippen LogP contribution in [0.4, 0.5) is 0 Å². The highest BCUT2D eigenvalue weighted by molar-refractivity contribution is 5.87. The molecule has 0 amide bonds. The highest BCUT2D eigenvalue weighted by atomic mass is 16.5. The van der Waals surface area contributed by atoms with Crippen molar-refractivity contribution in [3.05, 3.63) is 66.2 Å². The van der Waals surface area contributed by atoms with E-state index in [2.05, 4.69) is 47.4 Å². The average Bonchev–Trinajstić information content (AvgIpc) is 3.28. The van der Waals surface area contributed by atoms with Crippen molar-refractivity contribution in [1.29, 1.82) is 0 Å². The summed E-state index contributed by atoms with van der Waals surface area (Å²) in [5.41, 5.74) is 3.30. The van der Waals surface area contributed by atoms with Gasteiger partial charge in [0.2, 0.25) is 0 Å². The Morgan fingerprint density at radius 3 is 2.58 bits per heavy atom. The normalized spacial score (nSPS) is 22.2. The van der Waals surface area contributed by atoms with Crippen LogP contribution >= 0.6 is 0 Å². The van der Waals surface area contributed by atoms with Crippen molar-refractivity contribution >= 4 is 11.8 Å². The summed E-state index contributed by atoms with van der Waals surface area (Å²) in [5.74, 6) is 0.999. The van der Waals surface area contributed by atoms with Crippen LogP contribution in [0.1, 0.15) is 37.7 Å². The number of allylic oxidation sites excluding steroid dienone is 2. The molecular formula is C31H39NO6. The van der Waals surface area contributed by atoms with Gasteiger partial charge in [-0.1, -0.05) is 48.6 Å². The number of ketones is 1. The van der Waals surface area contributed by atoms with Crippen LogP contribution in [0.5, 0.6) is 5.75 Å². The molecule has 1 heterocycles. The fourth-order valence-corrected chi connectivity index (χ4v) is 5.34. The van der Waals surface area contributed by atoms with Crippen molar-refractivity contribution in [2.24, 2.45) is 5.92 Å². The molecule has 204 valence electrons. The third kappa shape index (κ3) is 7.53. The number of esters is 1. The Kier molecular flexibility index (Phi) is 10.5. The molecular weight excluding hydrogens is 482 g/mol. The first kappa shape index (κ1) is 28.0. The van der Waals surface area contributed by atoms with Gasteiger partial charge in [0.1, 0.15) is 5.75 Å². The Hall–Kier alpha value is -3.00. The third-order valence-corrected chi connectivity index (χ3v) is 7.43. The first-order valence-corrected chi connectivity index (χ1v) is 13.5. The highest BCUT2D eigenvalue weighted by Gasteiger charge is 2.45. The van der Waals surface area contributed by atoms with Gasteiger partial charge in [0.15, 0.2) is 5.78 Å². The van der Waals surface area contributed by atoms with E-state index in [4.69, 9.17) is 18.9 Å². The smallest absolute Gasteiger partial charge is 0.305 e. The van der Waals surface area contributed by atoms with E-state index in [1.54, 1.807) is 7.11 Å². The molecule has 38 heavy (non-hydrogen) atoms. The Morgan fingerprint density at radius 1 is 1.05 bits per heavy atom. The fraction of sp³-hybridized carbons (Fsp3) is 0.484. The molecule has 0 unspecified atom stereocenters. The lowest BCUT2D eigenvalue weighted by Crippen LogP contribution is -2.49. The standard InChI is InChI=1S/C31H39NO6/c1-35-26-9-7-8-25(20-26)24-14-12-23(13-15-24)22-38-29-21-28(33)31(32-16-18-37-19-17-32)27(29)10-5-3-4-6-11-30(34)36-2/h3,5,7-9,12-15,20,27,29,31H,4,6,10-11,16-19,21-22H2,1-2H3/b5-3-/t27-,29-,31+/m1/s1. The van der Waals surface area contributed by atoms with Crippen LogP contribution in [0.25, 0.3) is 11.1 Å². The molecule has 1 aliphatic heterocycles. The van der Waals surface area contributed by atoms with Gasteiger partial charge in [-0.05, 0) is 48.1 Å². The number of methoxy groups -OCH3 is 2. The lowest BCUT2D eigenvalue weighted by molar-refractivity contribution is -0.140. The van der Waals surface area contributed by atoms with E-state index in [1.807, 2.05) is 18.2 Å². The minimum absolute atomic E-state index is 0.0912. The highest BCUT2D eigenvalue weighted by Crippen LogP contribution is 2.34. The molecule has 0 aromatic heterocycles. The average molecular weight is 522 g/mol. The number of carbonyl (C=O) groups is 2. The van der Waals surface area contributed by atoms with E-state index >= 15 is 0 Å². The molecule has 0 N–H and O–H groups in total. The van der Waals surface area contributed by atoms with Gasteiger partial charge in [-0.25, -0.2) is 0 Å². The van der Waals surface area contributed by atoms with Crippen LogP contribution in [0.2, 0.25) is 0 Å². The number of hydrogen-bond donors (Lipinski definition) is 0. The van der Waals surface area contributed by atoms with E-state index in [0.29, 0.717) is 32.7 Å². The quantitative estimate of drug-likeness (QED) is 0.225. The van der Waals surface area contributed by atoms with Crippen LogP contribution in [0.15, 0.2) is 60.7 Å². The summed E-state index contributed by atoms with van der Waals surface area (Å²) >= 11 is 0. The molecule has 2 aliphatic rings. The number of ether oxygens (including phenoxy) is 4. The van der Waals surface area contributed by atoms with Crippen LogP contribution in [0, 0.1) is 5.92 Å². The number of unbranched alkanes of at least 4 members (excludes halogenated alkanes) is 1. The van der Waals surface area contributed by atoms with Crippen molar-refractivity contribution in [3.63, 3.8) is 0 Å². The van der Waals surface area contributed by atoms with Gasteiger partial charge >= 0.3 is 5.97 Å². The van der Waals surface area contributed by atoms with Crippen LogP contribution < -0.4 is 4.74 Å². The summed E-state index contributed by atoms with van der Waals surface area (Å²) in [6.45, 7) is 3.32. The largest absolute Gasteiger partial charge is 0.497 e. The predicted octanol–water partition coefficient (Wildman–Crippen LogP) is 4.83. The van der Waals surface area contributed by atoms with E-state index < -0.39 is 0 Å². The Balaban J connectivity index is 1.38. The summed E-state index contributed by atoms with van der Waals surface area (Å²) in [6.07, 6.45) is 7.31. The summed E-state index contributed by atoms with van der Waals surface area (Å²) in [4.78, 5) is 26.8. The molecule has 7 nitrogen and oxygen atoms in total. The minimum Gasteiger partial charge on any atom is -0.497 e. The maximum atomic E-state index is 13.2. The van der Waals surface area contributed by atoms with Crippen LogP contribution in [-0.4, -0.2) is 69.3 Å². The lowest BCUT2D eigenvalue weighted by atomic mass is 9.95. The van der Waals surface area contributed by atoms with Gasteiger partial charge < -0.3 is 18.9 Å². The summed E-state index contributed by atoms with van der Waals surface area (Å²) in [6, 6.07) is 16.2. The van der Waals surface area contributed by atoms with Gasteiger partial charge in [0.05, 0.1) is 46.2 Å². The second kappa shape index (κ2) is 14.2. The Morgan fingerprint density at radius 2 is 1.84 bits per heavy atom. The van der Waals surface area contributed by atoms with E-state index in [1.165, 1.54) is 7.11 Å². The van der Waals surface area contributed by atoms with Crippen LogP contribution in [-0.2, 0) is 30.4 Å². The van der Waals surface area contributed by atoms with Gasteiger partial charge in [-0.2, -0.15) is 0 Å². The van der Waals surface area contributed by atoms with Gasteiger partial charge in [0, 0.05) is 31.8 Å². The van der Waals surface area contributed by atoms with E-state index in [9.17, 15) is 9.59 Å². The zero-order chi connectivity index (χ0) is 26.7. The number of rotatable bonds is 12. The zero-order valence-corrected chi connectivity index (χ0v) is 22.5. The topological polar surface area (TPSA) is 74.3 Å². The van der Waals surface area contributed by atoms with Gasteiger partial charge in [-0.3, -0.25) is 14.5 Å². The number of carbonyl (C=O) groups excluding carboxylic acids is 2. The lowest BCUT2D eigenvalue weighted by Gasteiger charge is -2.35. The molecule has 0 bridgehead atoms. The molecule has 2 aromatic carbocycles. The number of benzene rings is 2. The molecule has 2 fully saturated rings. The van der Waals surface area contributed by atoms with Crippen molar-refractivity contribution < 1.29 is 28.5 Å². The second-order valence-corrected chi connectivity index (χ2v) is 9.88. The monoisotopic (exact) mass is 521 g/mol. The molecule has 4 rings (SSSR count). The van der Waals surface area contributed by atoms with Crippen molar-refractivity contribution in [2.45, 2.75) is 50.9 Å². The van der Waals surface area contributed by atoms with E-state index in [-0.39, 0.29) is 29.8 Å². The summed E-state index contributed by atoms with van der Waals surface area (Å²) < 4.78 is 22.0. The first-order chi connectivity index (χ1) is 18.6. The SMILES string of the molecule is COC(=O)CCC/C=C\C[C@H]1[C@H](N2CCOCC2)C(=O)C[C@H]1OCc1ccc(-c2cccc(OC)c2)cc1. The Bertz CT molecular complexity index is 1080. The molecule has 0 spiro atoms. The molecule has 1 saturated heterocycles. The molecule has 1 aliphatic carbocycles. The molecule has 3 atom stereocenters. The number of nitrogens with zero attached hydrogens (tertiary/aromatic N) is 1. The van der Waals surface area contributed by atoms with Crippen molar-refractivity contribution in [1.82, 2.24) is 4.90 Å². The summed E-state index contributed by atoms with van der Waals surface area (Å²) in [7, 11) is 3.08. The minimum atomic E-state index is -0.183. The number of Topliss-reactive ketones (excluding diaryl/α,β-unsaturated/α-hetero) is 1. The number of hydrogen-bond acceptors (Lipinski definition) is 7. The first-order valence-electron chi connectivity index (χ1n) is 13.5. The van der Waals surface area contributed by atoms with Crippen molar-refractivity contribution in [3.8, 4) is 16.9 Å². The van der Waals surface area contributed by atoms with E-state index in [0.717, 1.165) is 54.8 Å². The molecule has 0 radical (unpaired) electrons.